The minimum Gasteiger partial charge on any atom is -0.477 e. The Bertz CT molecular complexity index is 421. The third kappa shape index (κ3) is 1.73. The van der Waals surface area contributed by atoms with Gasteiger partial charge in [0.1, 0.15) is 11.3 Å². The Kier molecular flexibility index (Phi) is 2.14. The summed E-state index contributed by atoms with van der Waals surface area (Å²) in [7, 11) is 0. The number of amides is 1. The van der Waals surface area contributed by atoms with Gasteiger partial charge in [-0.3, -0.25) is 9.59 Å². The van der Waals surface area contributed by atoms with Crippen molar-refractivity contribution in [1.82, 2.24) is 4.98 Å². The Hall–Kier alpha value is -2.11. The van der Waals surface area contributed by atoms with E-state index in [2.05, 4.69) is 0 Å². The van der Waals surface area contributed by atoms with Gasteiger partial charge in [-0.15, -0.1) is 0 Å². The maximum atomic E-state index is 10.9. The number of aromatic amines is 1. The fourth-order valence-electron chi connectivity index (χ4n) is 0.786. The number of carbonyl (C=O) groups excluding carboxylic acids is 1. The van der Waals surface area contributed by atoms with E-state index in [0.717, 1.165) is 12.1 Å². The van der Waals surface area contributed by atoms with E-state index in [1.807, 2.05) is 4.98 Å². The summed E-state index contributed by atoms with van der Waals surface area (Å²) in [6.45, 7) is 0. The molecule has 1 heterocycles. The molecule has 0 aliphatic rings. The molecular weight excluding hydrogens is 176 g/mol. The summed E-state index contributed by atoms with van der Waals surface area (Å²) in [5.74, 6) is -2.16. The topological polar surface area (TPSA) is 113 Å². The van der Waals surface area contributed by atoms with Crippen LogP contribution in [0.1, 0.15) is 20.8 Å². The van der Waals surface area contributed by atoms with E-state index >= 15 is 0 Å². The lowest BCUT2D eigenvalue weighted by molar-refractivity contribution is 0.0694. The second kappa shape index (κ2) is 3.10. The molecular formula is C7H6N2O4. The van der Waals surface area contributed by atoms with Crippen LogP contribution in [0.2, 0.25) is 0 Å². The maximum absolute atomic E-state index is 10.9. The van der Waals surface area contributed by atoms with Gasteiger partial charge >= 0.3 is 5.97 Å². The lowest BCUT2D eigenvalue weighted by atomic mass is 10.2. The van der Waals surface area contributed by atoms with Crippen LogP contribution in [-0.4, -0.2) is 22.0 Å². The van der Waals surface area contributed by atoms with Gasteiger partial charge in [-0.2, -0.15) is 0 Å². The number of aromatic nitrogens is 1. The van der Waals surface area contributed by atoms with Gasteiger partial charge in [0.15, 0.2) is 0 Å². The lowest BCUT2D eigenvalue weighted by Gasteiger charge is -1.95. The Morgan fingerprint density at radius 1 is 1.38 bits per heavy atom. The first-order valence-electron chi connectivity index (χ1n) is 3.29. The molecule has 0 saturated carbocycles. The fraction of sp³-hybridized carbons (Fsp3) is 0. The molecule has 1 amide bonds. The number of aromatic carboxylic acids is 1. The van der Waals surface area contributed by atoms with Gasteiger partial charge < -0.3 is 15.8 Å². The van der Waals surface area contributed by atoms with Crippen molar-refractivity contribution in [3.63, 3.8) is 0 Å². The number of H-pyrrole nitrogens is 1. The first-order chi connectivity index (χ1) is 6.02. The summed E-state index contributed by atoms with van der Waals surface area (Å²) >= 11 is 0. The number of nitrogens with one attached hydrogen (secondary N) is 1. The van der Waals surface area contributed by atoms with Crippen molar-refractivity contribution in [2.24, 2.45) is 5.73 Å². The predicted molar refractivity (Wildman–Crippen MR) is 42.5 cm³/mol. The zero-order chi connectivity index (χ0) is 10.0. The number of carboxylic acid groups (broad SMARTS) is 1. The minimum absolute atomic E-state index is 0.116. The van der Waals surface area contributed by atoms with Crippen LogP contribution in [0.4, 0.5) is 0 Å². The number of rotatable bonds is 2. The monoisotopic (exact) mass is 182 g/mol. The molecule has 68 valence electrons. The molecule has 6 nitrogen and oxygen atoms in total. The van der Waals surface area contributed by atoms with Crippen molar-refractivity contribution < 1.29 is 14.7 Å². The number of hydrogen-bond donors (Lipinski definition) is 3. The van der Waals surface area contributed by atoms with Crippen molar-refractivity contribution >= 4 is 11.9 Å². The number of carboxylic acids is 1. The minimum atomic E-state index is -1.35. The molecule has 0 fully saturated rings. The largest absolute Gasteiger partial charge is 0.477 e. The summed E-state index contributed by atoms with van der Waals surface area (Å²) < 4.78 is 0. The van der Waals surface area contributed by atoms with Crippen molar-refractivity contribution in [2.45, 2.75) is 0 Å². The van der Waals surface area contributed by atoms with E-state index in [1.54, 1.807) is 0 Å². The highest BCUT2D eigenvalue weighted by atomic mass is 16.4. The molecule has 0 spiro atoms. The summed E-state index contributed by atoms with van der Waals surface area (Å²) in [4.78, 5) is 33.9. The van der Waals surface area contributed by atoms with Gasteiger partial charge in [0.25, 0.3) is 11.5 Å². The van der Waals surface area contributed by atoms with Crippen LogP contribution in [-0.2, 0) is 0 Å². The number of pyridine rings is 1. The maximum Gasteiger partial charge on any atom is 0.341 e. The van der Waals surface area contributed by atoms with Crippen LogP contribution in [0, 0.1) is 0 Å². The van der Waals surface area contributed by atoms with Crippen LogP contribution in [0.5, 0.6) is 0 Å². The van der Waals surface area contributed by atoms with Crippen LogP contribution in [0.25, 0.3) is 0 Å². The molecule has 6 heteroatoms. The third-order valence-corrected chi connectivity index (χ3v) is 1.41. The smallest absolute Gasteiger partial charge is 0.341 e. The van der Waals surface area contributed by atoms with E-state index < -0.39 is 23.0 Å². The molecule has 0 saturated heterocycles. The summed E-state index contributed by atoms with van der Waals surface area (Å²) in [5.41, 5.74) is 3.47. The molecule has 0 aliphatic heterocycles. The molecule has 0 aliphatic carbocycles. The van der Waals surface area contributed by atoms with Gasteiger partial charge in [-0.25, -0.2) is 4.79 Å². The SMILES string of the molecule is NC(=O)c1ccc(C(=O)O)c(=O)[nH]1. The summed E-state index contributed by atoms with van der Waals surface area (Å²) in [6, 6.07) is 2.18. The van der Waals surface area contributed by atoms with E-state index in [9.17, 15) is 14.4 Å². The van der Waals surface area contributed by atoms with Crippen LogP contribution >= 0.6 is 0 Å². The summed E-state index contributed by atoms with van der Waals surface area (Å²) in [5, 5.41) is 8.46. The molecule has 4 N–H and O–H groups in total. The summed E-state index contributed by atoms with van der Waals surface area (Å²) in [6.07, 6.45) is 0. The van der Waals surface area contributed by atoms with E-state index in [1.165, 1.54) is 0 Å². The number of carbonyl (C=O) groups is 2. The van der Waals surface area contributed by atoms with Crippen molar-refractivity contribution in [3.8, 4) is 0 Å². The average Bonchev–Trinajstić information content (AvgIpc) is 2.03. The van der Waals surface area contributed by atoms with Crippen molar-refractivity contribution in [1.29, 1.82) is 0 Å². The Balaban J connectivity index is 3.29. The molecule has 0 unspecified atom stereocenters. The highest BCUT2D eigenvalue weighted by molar-refractivity contribution is 5.92. The van der Waals surface area contributed by atoms with Crippen LogP contribution < -0.4 is 11.3 Å². The molecule has 1 rings (SSSR count). The van der Waals surface area contributed by atoms with Crippen molar-refractivity contribution in [2.75, 3.05) is 0 Å². The molecule has 0 bridgehead atoms. The second-order valence-electron chi connectivity index (χ2n) is 2.28. The predicted octanol–water partition coefficient (Wildman–Crippen LogP) is -0.828. The quantitative estimate of drug-likeness (QED) is 0.553. The Morgan fingerprint density at radius 2 is 2.00 bits per heavy atom. The number of primary amides is 1. The molecule has 0 aromatic carbocycles. The molecule has 1 aromatic heterocycles. The van der Waals surface area contributed by atoms with Gasteiger partial charge in [-0.1, -0.05) is 0 Å². The molecule has 13 heavy (non-hydrogen) atoms. The number of nitrogens with two attached hydrogens (primary N) is 1. The van der Waals surface area contributed by atoms with Gasteiger partial charge in [0.2, 0.25) is 0 Å². The van der Waals surface area contributed by atoms with Crippen LogP contribution in [0.3, 0.4) is 0 Å². The van der Waals surface area contributed by atoms with Gasteiger partial charge in [0.05, 0.1) is 0 Å². The van der Waals surface area contributed by atoms with Crippen LogP contribution in [0.15, 0.2) is 16.9 Å². The Morgan fingerprint density at radius 3 is 2.38 bits per heavy atom. The van der Waals surface area contributed by atoms with E-state index in [4.69, 9.17) is 10.8 Å². The van der Waals surface area contributed by atoms with Gasteiger partial charge in [-0.05, 0) is 12.1 Å². The highest BCUT2D eigenvalue weighted by Crippen LogP contribution is 1.93. The first kappa shape index (κ1) is 8.98. The third-order valence-electron chi connectivity index (χ3n) is 1.41. The van der Waals surface area contributed by atoms with E-state index in [0.29, 0.717) is 0 Å². The lowest BCUT2D eigenvalue weighted by Crippen LogP contribution is -2.23. The average molecular weight is 182 g/mol. The molecule has 1 aromatic rings. The second-order valence-corrected chi connectivity index (χ2v) is 2.28. The van der Waals surface area contributed by atoms with Crippen molar-refractivity contribution in [3.05, 3.63) is 33.7 Å². The standard InChI is InChI=1S/C7H6N2O4/c8-5(10)4-2-1-3(7(12)13)6(11)9-4/h1-2H,(H2,8,10)(H,9,11)(H,12,13). The molecule has 0 radical (unpaired) electrons. The normalized spacial score (nSPS) is 9.54. The molecule has 0 atom stereocenters. The zero-order valence-corrected chi connectivity index (χ0v) is 6.40. The fourth-order valence-corrected chi connectivity index (χ4v) is 0.786. The van der Waals surface area contributed by atoms with Gasteiger partial charge in [0, 0.05) is 0 Å². The number of hydrogen-bond acceptors (Lipinski definition) is 3. The van der Waals surface area contributed by atoms with E-state index in [-0.39, 0.29) is 5.69 Å². The zero-order valence-electron chi connectivity index (χ0n) is 6.40. The first-order valence-corrected chi connectivity index (χ1v) is 3.29. The highest BCUT2D eigenvalue weighted by Gasteiger charge is 2.09. The Labute approximate surface area is 72.0 Å².